The monoisotopic (exact) mass is 436 g/mol. The Bertz CT molecular complexity index is 1020. The van der Waals surface area contributed by atoms with Crippen LogP contribution in [0, 0.1) is 0 Å². The van der Waals surface area contributed by atoms with E-state index in [9.17, 15) is 33.3 Å². The fourth-order valence-corrected chi connectivity index (χ4v) is 2.91. The molecule has 3 rings (SSSR count). The first kappa shape index (κ1) is 22.1. The predicted octanol–water partition coefficient (Wildman–Crippen LogP) is 3.10. The van der Waals surface area contributed by atoms with Crippen molar-refractivity contribution in [1.82, 2.24) is 4.98 Å². The molecule has 1 aromatic heterocycles. The van der Waals surface area contributed by atoms with Crippen molar-refractivity contribution in [3.63, 3.8) is 0 Å². The largest absolute Gasteiger partial charge is 0.506 e. The number of halogens is 3. The number of aliphatic imine (C=N–C) groups is 1. The number of amides is 1. The molecule has 0 fully saturated rings. The summed E-state index contributed by atoms with van der Waals surface area (Å²) in [5.74, 6) is -0.973. The Morgan fingerprint density at radius 3 is 2.58 bits per heavy atom. The van der Waals surface area contributed by atoms with Crippen LogP contribution in [0.5, 0.6) is 5.75 Å². The van der Waals surface area contributed by atoms with Crippen LogP contribution >= 0.6 is 0 Å². The lowest BCUT2D eigenvalue weighted by atomic mass is 10.1. The van der Waals surface area contributed by atoms with Crippen LogP contribution in [0.25, 0.3) is 0 Å². The summed E-state index contributed by atoms with van der Waals surface area (Å²) in [5, 5.41) is 32.2. The Kier molecular flexibility index (Phi) is 6.44. The number of carbonyl (C=O) groups is 1. The molecule has 1 aromatic carbocycles. The molecular formula is C20H19F3N4O4. The third kappa shape index (κ3) is 5.12. The number of aromatic nitrogens is 1. The number of nitrogens with zero attached hydrogens (tertiary/aromatic N) is 3. The zero-order chi connectivity index (χ0) is 22.6. The Morgan fingerprint density at radius 2 is 1.97 bits per heavy atom. The van der Waals surface area contributed by atoms with Gasteiger partial charge in [-0.25, -0.2) is 4.98 Å². The fraction of sp³-hybridized carbons (Fsp3) is 0.250. The Morgan fingerprint density at radius 1 is 1.19 bits per heavy atom. The third-order valence-electron chi connectivity index (χ3n) is 4.40. The molecule has 0 bridgehead atoms. The fourth-order valence-electron chi connectivity index (χ4n) is 2.91. The molecule has 31 heavy (non-hydrogen) atoms. The number of aromatic hydroxyl groups is 1. The first-order chi connectivity index (χ1) is 14.7. The van der Waals surface area contributed by atoms with Crippen molar-refractivity contribution in [2.24, 2.45) is 4.99 Å². The van der Waals surface area contributed by atoms with Gasteiger partial charge in [0.1, 0.15) is 11.6 Å². The van der Waals surface area contributed by atoms with Crippen LogP contribution in [0.4, 0.5) is 24.7 Å². The van der Waals surface area contributed by atoms with Crippen molar-refractivity contribution in [2.75, 3.05) is 29.9 Å². The summed E-state index contributed by atoms with van der Waals surface area (Å²) in [7, 11) is 0. The van der Waals surface area contributed by atoms with Gasteiger partial charge in [-0.05, 0) is 42.8 Å². The number of dihydropyridines is 1. The standard InChI is InChI=1S/C20H19F3N4O4/c21-20(22,23)13-4-6-17(25-11-13)26-19(31)12-3-5-15(29)14(10-12)27(8-9-28)18-16(30)2-1-7-24-18/h2-6,10-11,28-30H,1,7-9H2,(H,25,26,31). The maximum atomic E-state index is 12.6. The maximum absolute atomic E-state index is 12.6. The number of rotatable bonds is 5. The van der Waals surface area contributed by atoms with Crippen LogP contribution in [-0.2, 0) is 6.18 Å². The smallest absolute Gasteiger partial charge is 0.417 e. The van der Waals surface area contributed by atoms with Gasteiger partial charge in [-0.15, -0.1) is 0 Å². The van der Waals surface area contributed by atoms with E-state index in [-0.39, 0.29) is 47.6 Å². The van der Waals surface area contributed by atoms with E-state index in [0.717, 1.165) is 12.1 Å². The molecular weight excluding hydrogens is 417 g/mol. The average molecular weight is 436 g/mol. The summed E-state index contributed by atoms with van der Waals surface area (Å²) in [6, 6.07) is 5.70. The highest BCUT2D eigenvalue weighted by atomic mass is 19.4. The molecule has 1 amide bonds. The van der Waals surface area contributed by atoms with Gasteiger partial charge in [0.15, 0.2) is 11.6 Å². The molecule has 0 aliphatic carbocycles. The van der Waals surface area contributed by atoms with E-state index in [2.05, 4.69) is 15.3 Å². The number of aliphatic hydroxyl groups is 2. The minimum absolute atomic E-state index is 0.0180. The summed E-state index contributed by atoms with van der Waals surface area (Å²) in [4.78, 5) is 21.7. The van der Waals surface area contributed by atoms with Gasteiger partial charge in [0.25, 0.3) is 5.91 Å². The molecule has 8 nitrogen and oxygen atoms in total. The van der Waals surface area contributed by atoms with Crippen molar-refractivity contribution < 1.29 is 33.3 Å². The number of carbonyl (C=O) groups excluding carboxylic acids is 1. The van der Waals surface area contributed by atoms with E-state index >= 15 is 0 Å². The lowest BCUT2D eigenvalue weighted by Crippen LogP contribution is -2.36. The molecule has 164 valence electrons. The van der Waals surface area contributed by atoms with E-state index in [1.165, 1.54) is 23.1 Å². The van der Waals surface area contributed by atoms with Crippen molar-refractivity contribution >= 4 is 23.2 Å². The highest BCUT2D eigenvalue weighted by Crippen LogP contribution is 2.31. The highest BCUT2D eigenvalue weighted by molar-refractivity contribution is 6.10. The molecule has 0 radical (unpaired) electrons. The van der Waals surface area contributed by atoms with Crippen molar-refractivity contribution in [2.45, 2.75) is 12.6 Å². The number of phenols is 1. The first-order valence-electron chi connectivity index (χ1n) is 9.20. The summed E-state index contributed by atoms with van der Waals surface area (Å²) < 4.78 is 37.9. The quantitative estimate of drug-likeness (QED) is 0.572. The number of phenolic OH excluding ortho intramolecular Hbond substituents is 1. The number of nitrogens with one attached hydrogen (secondary N) is 1. The van der Waals surface area contributed by atoms with E-state index in [4.69, 9.17) is 0 Å². The zero-order valence-corrected chi connectivity index (χ0v) is 16.1. The lowest BCUT2D eigenvalue weighted by Gasteiger charge is -2.27. The minimum atomic E-state index is -4.54. The average Bonchev–Trinajstić information content (AvgIpc) is 2.73. The van der Waals surface area contributed by atoms with Crippen LogP contribution in [0.3, 0.4) is 0 Å². The summed E-state index contributed by atoms with van der Waals surface area (Å²) in [5.41, 5.74) is -0.766. The minimum Gasteiger partial charge on any atom is -0.506 e. The van der Waals surface area contributed by atoms with Crippen molar-refractivity contribution in [3.8, 4) is 5.75 Å². The van der Waals surface area contributed by atoms with Gasteiger partial charge in [-0.1, -0.05) is 0 Å². The van der Waals surface area contributed by atoms with Crippen LogP contribution in [-0.4, -0.2) is 51.7 Å². The number of hydrogen-bond donors (Lipinski definition) is 4. The number of alkyl halides is 3. The Hall–Kier alpha value is -3.60. The molecule has 11 heteroatoms. The second kappa shape index (κ2) is 9.04. The van der Waals surface area contributed by atoms with Gasteiger partial charge in [0.05, 0.1) is 17.9 Å². The first-order valence-corrected chi connectivity index (χ1v) is 9.20. The molecule has 0 saturated carbocycles. The van der Waals surface area contributed by atoms with E-state index in [1.54, 1.807) is 6.08 Å². The third-order valence-corrected chi connectivity index (χ3v) is 4.40. The van der Waals surface area contributed by atoms with Crippen LogP contribution in [0.2, 0.25) is 0 Å². The second-order valence-corrected chi connectivity index (χ2v) is 6.55. The number of hydrogen-bond acceptors (Lipinski definition) is 7. The van der Waals surface area contributed by atoms with E-state index < -0.39 is 17.6 Å². The van der Waals surface area contributed by atoms with Gasteiger partial charge < -0.3 is 25.5 Å². The summed E-state index contributed by atoms with van der Waals surface area (Å²) in [6.07, 6.45) is -1.84. The van der Waals surface area contributed by atoms with Crippen LogP contribution in [0.15, 0.2) is 53.4 Å². The van der Waals surface area contributed by atoms with E-state index in [1.807, 2.05) is 0 Å². The van der Waals surface area contributed by atoms with E-state index in [0.29, 0.717) is 19.2 Å². The molecule has 1 aliphatic heterocycles. The zero-order valence-electron chi connectivity index (χ0n) is 16.1. The summed E-state index contributed by atoms with van der Waals surface area (Å²) >= 11 is 0. The topological polar surface area (TPSA) is 118 Å². The van der Waals surface area contributed by atoms with Gasteiger partial charge >= 0.3 is 6.18 Å². The Balaban J connectivity index is 1.86. The Labute approximate surface area is 175 Å². The molecule has 0 atom stereocenters. The number of aliphatic hydroxyl groups excluding tert-OH is 2. The normalized spacial score (nSPS) is 13.9. The van der Waals surface area contributed by atoms with Gasteiger partial charge in [0, 0.05) is 24.8 Å². The highest BCUT2D eigenvalue weighted by Gasteiger charge is 2.30. The lowest BCUT2D eigenvalue weighted by molar-refractivity contribution is -0.137. The number of amidine groups is 1. The van der Waals surface area contributed by atoms with Crippen LogP contribution in [0.1, 0.15) is 22.3 Å². The molecule has 4 N–H and O–H groups in total. The molecule has 0 spiro atoms. The van der Waals surface area contributed by atoms with Gasteiger partial charge in [-0.3, -0.25) is 9.79 Å². The molecule has 1 aliphatic rings. The molecule has 0 saturated heterocycles. The number of anilines is 2. The molecule has 0 unspecified atom stereocenters. The number of pyridine rings is 1. The number of benzene rings is 1. The summed E-state index contributed by atoms with van der Waals surface area (Å²) in [6.45, 7) is 0.0648. The molecule has 2 heterocycles. The second-order valence-electron chi connectivity index (χ2n) is 6.55. The maximum Gasteiger partial charge on any atom is 0.417 e. The van der Waals surface area contributed by atoms with Crippen LogP contribution < -0.4 is 10.2 Å². The van der Waals surface area contributed by atoms with Crippen molar-refractivity contribution in [3.05, 3.63) is 59.5 Å². The predicted molar refractivity (Wildman–Crippen MR) is 107 cm³/mol. The van der Waals surface area contributed by atoms with Gasteiger partial charge in [0.2, 0.25) is 0 Å². The van der Waals surface area contributed by atoms with Crippen molar-refractivity contribution in [1.29, 1.82) is 0 Å². The SMILES string of the molecule is O=C(Nc1ccc(C(F)(F)F)cn1)c1ccc(O)c(N(CCO)C2=NCCC=C2O)c1. The molecule has 2 aromatic rings. The van der Waals surface area contributed by atoms with Gasteiger partial charge in [-0.2, -0.15) is 13.2 Å².